The molecule has 0 heterocycles. The molecule has 3 aromatic carbocycles. The van der Waals surface area contributed by atoms with E-state index < -0.39 is 7.92 Å². The van der Waals surface area contributed by atoms with Gasteiger partial charge in [0, 0.05) is 18.5 Å². The molecule has 0 aliphatic heterocycles. The molecule has 0 atom stereocenters. The van der Waals surface area contributed by atoms with Crippen molar-refractivity contribution in [3.8, 4) is 23.0 Å². The Morgan fingerprint density at radius 2 is 0.793 bits per heavy atom. The van der Waals surface area contributed by atoms with Gasteiger partial charge in [-0.3, -0.25) is 0 Å². The molecule has 4 nitrogen and oxygen atoms in total. The van der Waals surface area contributed by atoms with Crippen LogP contribution >= 0.6 is 7.92 Å². The second-order valence-electron chi connectivity index (χ2n) is 6.60. The predicted molar refractivity (Wildman–Crippen MR) is 121 cm³/mol. The van der Waals surface area contributed by atoms with E-state index in [-0.39, 0.29) is 0 Å². The summed E-state index contributed by atoms with van der Waals surface area (Å²) in [6.07, 6.45) is 0. The van der Waals surface area contributed by atoms with Gasteiger partial charge in [-0.15, -0.1) is 0 Å². The molecule has 152 valence electrons. The highest BCUT2D eigenvalue weighted by molar-refractivity contribution is 7.80. The molecule has 0 unspecified atom stereocenters. The second kappa shape index (κ2) is 9.19. The van der Waals surface area contributed by atoms with Crippen molar-refractivity contribution in [2.24, 2.45) is 0 Å². The molecular weight excluding hydrogens is 383 g/mol. The molecule has 0 spiro atoms. The molecule has 3 aromatic rings. The maximum absolute atomic E-state index is 5.80. The molecule has 29 heavy (non-hydrogen) atoms. The highest BCUT2D eigenvalue weighted by Crippen LogP contribution is 2.46. The van der Waals surface area contributed by atoms with Gasteiger partial charge in [0.25, 0.3) is 0 Å². The Morgan fingerprint density at radius 3 is 1.14 bits per heavy atom. The number of rotatable bonds is 7. The van der Waals surface area contributed by atoms with Gasteiger partial charge in [-0.05, 0) is 49.2 Å². The molecule has 0 saturated heterocycles. The van der Waals surface area contributed by atoms with Crippen molar-refractivity contribution in [1.29, 1.82) is 0 Å². The molecule has 0 N–H and O–H groups in total. The molecule has 0 radical (unpaired) electrons. The van der Waals surface area contributed by atoms with E-state index in [1.54, 1.807) is 28.4 Å². The Balaban J connectivity index is 2.48. The van der Waals surface area contributed by atoms with Gasteiger partial charge in [0.15, 0.2) is 0 Å². The molecule has 0 aliphatic rings. The third-order valence-corrected chi connectivity index (χ3v) is 7.84. The third-order valence-electron chi connectivity index (χ3n) is 4.91. The van der Waals surface area contributed by atoms with Crippen molar-refractivity contribution >= 4 is 23.8 Å². The van der Waals surface area contributed by atoms with Crippen LogP contribution in [0.15, 0.2) is 54.6 Å². The lowest BCUT2D eigenvalue weighted by atomic mass is 10.2. The fourth-order valence-corrected chi connectivity index (χ4v) is 6.62. The van der Waals surface area contributed by atoms with E-state index in [9.17, 15) is 0 Å². The highest BCUT2D eigenvalue weighted by Gasteiger charge is 2.31. The van der Waals surface area contributed by atoms with E-state index >= 15 is 0 Å². The van der Waals surface area contributed by atoms with E-state index in [0.29, 0.717) is 0 Å². The van der Waals surface area contributed by atoms with Gasteiger partial charge in [-0.1, -0.05) is 30.3 Å². The van der Waals surface area contributed by atoms with Crippen LogP contribution in [0.1, 0.15) is 11.1 Å². The van der Waals surface area contributed by atoms with E-state index in [0.717, 1.165) is 50.0 Å². The normalized spacial score (nSPS) is 10.7. The topological polar surface area (TPSA) is 36.9 Å². The van der Waals surface area contributed by atoms with Crippen LogP contribution in [0, 0.1) is 13.8 Å². The molecule has 0 amide bonds. The van der Waals surface area contributed by atoms with Crippen molar-refractivity contribution in [3.63, 3.8) is 0 Å². The minimum atomic E-state index is -1.09. The van der Waals surface area contributed by atoms with Crippen LogP contribution in [-0.2, 0) is 0 Å². The summed E-state index contributed by atoms with van der Waals surface area (Å²) in [4.78, 5) is 0. The maximum Gasteiger partial charge on any atom is 0.130 e. The zero-order valence-corrected chi connectivity index (χ0v) is 18.7. The molecule has 5 heteroatoms. The third kappa shape index (κ3) is 3.90. The second-order valence-corrected chi connectivity index (χ2v) is 8.61. The van der Waals surface area contributed by atoms with Gasteiger partial charge in [0.1, 0.15) is 23.0 Å². The summed E-state index contributed by atoms with van der Waals surface area (Å²) >= 11 is 0. The largest absolute Gasteiger partial charge is 0.496 e. The Labute approximate surface area is 174 Å². The summed E-state index contributed by atoms with van der Waals surface area (Å²) in [7, 11) is 5.70. The molecule has 0 fully saturated rings. The van der Waals surface area contributed by atoms with Crippen LogP contribution in [0.25, 0.3) is 0 Å². The molecule has 0 saturated carbocycles. The Hall–Kier alpha value is -2.71. The van der Waals surface area contributed by atoms with Crippen LogP contribution < -0.4 is 34.9 Å². The average Bonchev–Trinajstić information content (AvgIpc) is 2.75. The highest BCUT2D eigenvalue weighted by atomic mass is 31.1. The van der Waals surface area contributed by atoms with E-state index in [2.05, 4.69) is 26.0 Å². The summed E-state index contributed by atoms with van der Waals surface area (Å²) in [6.45, 7) is 4.22. The van der Waals surface area contributed by atoms with Crippen molar-refractivity contribution in [3.05, 3.63) is 65.7 Å². The first kappa shape index (κ1) is 21.0. The lowest BCUT2D eigenvalue weighted by Crippen LogP contribution is -2.28. The van der Waals surface area contributed by atoms with E-state index in [4.69, 9.17) is 18.9 Å². The quantitative estimate of drug-likeness (QED) is 0.550. The van der Waals surface area contributed by atoms with Crippen LogP contribution in [0.5, 0.6) is 23.0 Å². The van der Waals surface area contributed by atoms with Crippen molar-refractivity contribution in [2.45, 2.75) is 13.8 Å². The first-order valence-electron chi connectivity index (χ1n) is 9.35. The number of benzene rings is 3. The van der Waals surface area contributed by atoms with E-state index in [1.807, 2.05) is 42.5 Å². The Kier molecular flexibility index (Phi) is 6.66. The number of hydrogen-bond acceptors (Lipinski definition) is 4. The summed E-state index contributed by atoms with van der Waals surface area (Å²) in [6, 6.07) is 18.2. The van der Waals surface area contributed by atoms with Crippen molar-refractivity contribution in [1.82, 2.24) is 0 Å². The summed E-state index contributed by atoms with van der Waals surface area (Å²) in [5, 5.41) is 3.26. The number of hydrogen-bond donors (Lipinski definition) is 0. The fourth-order valence-electron chi connectivity index (χ4n) is 3.55. The fraction of sp³-hybridized carbons (Fsp3) is 0.250. The van der Waals surface area contributed by atoms with Crippen molar-refractivity contribution < 1.29 is 18.9 Å². The Morgan fingerprint density at radius 1 is 0.483 bits per heavy atom. The van der Waals surface area contributed by atoms with Crippen LogP contribution in [0.4, 0.5) is 0 Å². The maximum atomic E-state index is 5.80. The van der Waals surface area contributed by atoms with Crippen LogP contribution in [0.3, 0.4) is 0 Å². The number of methoxy groups -OCH3 is 4. The molecule has 0 aromatic heterocycles. The smallest absolute Gasteiger partial charge is 0.130 e. The summed E-state index contributed by atoms with van der Waals surface area (Å²) in [5.41, 5.74) is 2.29. The number of ether oxygens (including phenoxy) is 4. The van der Waals surface area contributed by atoms with Crippen molar-refractivity contribution in [2.75, 3.05) is 28.4 Å². The molecular formula is C24H27O4P. The molecule has 0 aliphatic carbocycles. The molecule has 3 rings (SSSR count). The zero-order valence-electron chi connectivity index (χ0n) is 17.8. The van der Waals surface area contributed by atoms with Gasteiger partial charge in [-0.25, -0.2) is 0 Å². The van der Waals surface area contributed by atoms with Gasteiger partial charge in [0.2, 0.25) is 0 Å². The van der Waals surface area contributed by atoms with Crippen LogP contribution in [0.2, 0.25) is 0 Å². The summed E-state index contributed by atoms with van der Waals surface area (Å²) < 4.78 is 23.2. The first-order chi connectivity index (χ1) is 14.1. The van der Waals surface area contributed by atoms with Gasteiger partial charge < -0.3 is 18.9 Å². The summed E-state index contributed by atoms with van der Waals surface area (Å²) in [5.74, 6) is 3.25. The predicted octanol–water partition coefficient (Wildman–Crippen LogP) is 4.10. The lowest BCUT2D eigenvalue weighted by molar-refractivity contribution is 0.400. The first-order valence-corrected chi connectivity index (χ1v) is 10.7. The lowest BCUT2D eigenvalue weighted by Gasteiger charge is -2.28. The van der Waals surface area contributed by atoms with Crippen LogP contribution in [-0.4, -0.2) is 28.4 Å². The average molecular weight is 410 g/mol. The minimum Gasteiger partial charge on any atom is -0.496 e. The minimum absolute atomic E-state index is 0.783. The van der Waals surface area contributed by atoms with Gasteiger partial charge >= 0.3 is 0 Å². The van der Waals surface area contributed by atoms with E-state index in [1.165, 1.54) is 0 Å². The standard InChI is InChI=1S/C24H27O4P/c1-16-10-7-12-18(25-3)22(16)29(23-17(2)11-8-13-19(23)26-4)24-20(27-5)14-9-15-21(24)28-6/h7-15H,1-6H3. The van der Waals surface area contributed by atoms with Gasteiger partial charge in [0.05, 0.1) is 33.7 Å². The van der Waals surface area contributed by atoms with Gasteiger partial charge in [-0.2, -0.15) is 0 Å². The molecule has 0 bridgehead atoms. The number of aryl methyl sites for hydroxylation is 2. The Bertz CT molecular complexity index is 924. The monoisotopic (exact) mass is 410 g/mol. The SMILES string of the molecule is COc1cccc(C)c1P(c1c(C)cccc1OC)c1c(OC)cccc1OC. The zero-order chi connectivity index (χ0) is 21.0.